The van der Waals surface area contributed by atoms with Crippen LogP contribution in [0.1, 0.15) is 35.2 Å². The number of aliphatic imine (C=N–C) groups is 1. The number of amidine groups is 1. The van der Waals surface area contributed by atoms with Gasteiger partial charge in [-0.25, -0.2) is 0 Å². The van der Waals surface area contributed by atoms with E-state index in [9.17, 15) is 14.4 Å². The molecule has 4 aromatic carbocycles. The zero-order chi connectivity index (χ0) is 37.3. The molecule has 0 radical (unpaired) electrons. The van der Waals surface area contributed by atoms with E-state index in [1.165, 1.54) is 11.0 Å². The van der Waals surface area contributed by atoms with E-state index < -0.39 is 17.9 Å². The van der Waals surface area contributed by atoms with E-state index in [1.807, 2.05) is 78.9 Å². The first-order valence-corrected chi connectivity index (χ1v) is 19.0. The van der Waals surface area contributed by atoms with E-state index in [0.717, 1.165) is 28.5 Å². The maximum atomic E-state index is 14.2. The van der Waals surface area contributed by atoms with Crippen molar-refractivity contribution in [3.8, 4) is 17.2 Å². The summed E-state index contributed by atoms with van der Waals surface area (Å²) in [7, 11) is 0. The highest BCUT2D eigenvalue weighted by Crippen LogP contribution is 2.38. The summed E-state index contributed by atoms with van der Waals surface area (Å²) in [4.78, 5) is 46.8. The molecule has 0 bridgehead atoms. The lowest BCUT2D eigenvalue weighted by Crippen LogP contribution is -2.42. The molecule has 53 heavy (non-hydrogen) atoms. The molecule has 268 valence electrons. The van der Waals surface area contributed by atoms with Crippen LogP contribution in [0.15, 0.2) is 147 Å². The fourth-order valence-corrected chi connectivity index (χ4v) is 7.81. The molecule has 3 amide bonds. The molecule has 0 unspecified atom stereocenters. The number of fused-ring (bicyclic) bond motifs is 1. The summed E-state index contributed by atoms with van der Waals surface area (Å²) in [6.07, 6.45) is 8.16. The molecule has 4 aromatic rings. The molecular weight excluding hydrogens is 822 g/mol. The zero-order valence-electron chi connectivity index (χ0n) is 28.5. The largest absolute Gasteiger partial charge is 0.487 e. The number of ether oxygens (including phenoxy) is 3. The summed E-state index contributed by atoms with van der Waals surface area (Å²) in [5.41, 5.74) is 3.59. The van der Waals surface area contributed by atoms with Crippen LogP contribution in [0.3, 0.4) is 0 Å². The van der Waals surface area contributed by atoms with Crippen molar-refractivity contribution in [2.45, 2.75) is 19.6 Å². The van der Waals surface area contributed by atoms with Gasteiger partial charge in [-0.2, -0.15) is 4.99 Å². The zero-order valence-corrected chi connectivity index (χ0v) is 32.4. The summed E-state index contributed by atoms with van der Waals surface area (Å²) in [6.45, 7) is 5.95. The highest BCUT2D eigenvalue weighted by molar-refractivity contribution is 9.11. The minimum atomic E-state index is -0.723. The van der Waals surface area contributed by atoms with E-state index in [4.69, 9.17) is 14.2 Å². The van der Waals surface area contributed by atoms with Crippen LogP contribution in [-0.2, 0) is 21.0 Å². The summed E-state index contributed by atoms with van der Waals surface area (Å²) in [5.74, 6) is 0.187. The van der Waals surface area contributed by atoms with Gasteiger partial charge in [0.15, 0.2) is 16.7 Å². The molecule has 0 aromatic heterocycles. The van der Waals surface area contributed by atoms with Crippen molar-refractivity contribution < 1.29 is 28.6 Å². The standard InChI is InChI=1S/C41H33Br2N3O6S/c1-3-5-16-30(4-2)46-40(49)31(19-27-20-32(42)38(33(43)21-27)50-23-26-17-18-34-35(22-26)52-25-51-34)39(48)45-41(46)53-24-36(47)44-37(28-12-8-6-9-13-28)29-14-10-7-11-15-29/h3-22,37H,1,23-25H2,2H3,(H,44,47)/b16-5-,30-4+,31-19+. The minimum Gasteiger partial charge on any atom is -0.487 e. The number of nitrogens with zero attached hydrogens (tertiary/aromatic N) is 2. The van der Waals surface area contributed by atoms with Crippen molar-refractivity contribution in [3.63, 3.8) is 0 Å². The lowest BCUT2D eigenvalue weighted by molar-refractivity contribution is -0.126. The maximum Gasteiger partial charge on any atom is 0.285 e. The molecule has 2 heterocycles. The predicted octanol–water partition coefficient (Wildman–Crippen LogP) is 8.91. The number of allylic oxidation sites excluding steroid dienone is 4. The Morgan fingerprint density at radius 3 is 2.28 bits per heavy atom. The van der Waals surface area contributed by atoms with Crippen molar-refractivity contribution in [2.75, 3.05) is 12.5 Å². The molecule has 6 rings (SSSR count). The molecule has 12 heteroatoms. The van der Waals surface area contributed by atoms with Gasteiger partial charge in [-0.15, -0.1) is 0 Å². The number of benzene rings is 4. The number of carbonyl (C=O) groups excluding carboxylic acids is 3. The second-order valence-corrected chi connectivity index (χ2v) is 14.3. The number of amides is 3. The normalized spacial score (nSPS) is 14.9. The quantitative estimate of drug-likeness (QED) is 0.0862. The first kappa shape index (κ1) is 37.6. The average Bonchev–Trinajstić information content (AvgIpc) is 3.64. The van der Waals surface area contributed by atoms with Gasteiger partial charge < -0.3 is 19.5 Å². The summed E-state index contributed by atoms with van der Waals surface area (Å²) in [6, 6.07) is 28.0. The highest BCUT2D eigenvalue weighted by Gasteiger charge is 2.35. The fourth-order valence-electron chi connectivity index (χ4n) is 5.55. The number of hydrogen-bond donors (Lipinski definition) is 1. The summed E-state index contributed by atoms with van der Waals surface area (Å²) >= 11 is 8.16. The van der Waals surface area contributed by atoms with Gasteiger partial charge in [-0.05, 0) is 97.5 Å². The Morgan fingerprint density at radius 2 is 1.64 bits per heavy atom. The molecule has 9 nitrogen and oxygen atoms in total. The third-order valence-electron chi connectivity index (χ3n) is 8.06. The van der Waals surface area contributed by atoms with Crippen molar-refractivity contribution >= 4 is 72.6 Å². The van der Waals surface area contributed by atoms with Crippen LogP contribution in [0.25, 0.3) is 6.08 Å². The number of halogens is 2. The summed E-state index contributed by atoms with van der Waals surface area (Å²) < 4.78 is 18.2. The Hall–Kier alpha value is -5.17. The van der Waals surface area contributed by atoms with E-state index >= 15 is 0 Å². The molecule has 0 fully saturated rings. The first-order chi connectivity index (χ1) is 25.7. The molecular formula is C41H33Br2N3O6S. The third kappa shape index (κ3) is 9.08. The first-order valence-electron chi connectivity index (χ1n) is 16.4. The maximum absolute atomic E-state index is 14.2. The van der Waals surface area contributed by atoms with Gasteiger partial charge in [-0.1, -0.05) is 103 Å². The molecule has 1 N–H and O–H groups in total. The highest BCUT2D eigenvalue weighted by atomic mass is 79.9. The second-order valence-electron chi connectivity index (χ2n) is 11.6. The second kappa shape index (κ2) is 17.6. The molecule has 0 saturated heterocycles. The van der Waals surface area contributed by atoms with E-state index in [1.54, 1.807) is 43.4 Å². The molecule has 0 atom stereocenters. The summed E-state index contributed by atoms with van der Waals surface area (Å²) in [5, 5.41) is 3.19. The van der Waals surface area contributed by atoms with E-state index in [-0.39, 0.29) is 35.8 Å². The molecule has 0 saturated carbocycles. The van der Waals surface area contributed by atoms with Gasteiger partial charge in [0, 0.05) is 5.70 Å². The fraction of sp³-hybridized carbons (Fsp3) is 0.122. The van der Waals surface area contributed by atoms with Gasteiger partial charge in [-0.3, -0.25) is 19.3 Å². The van der Waals surface area contributed by atoms with Crippen LogP contribution >= 0.6 is 43.6 Å². The SMILES string of the molecule is C=C/C=C\C(=C/C)N1C(=O)/C(=C/c2cc(Br)c(OCc3ccc4c(c3)OCO4)c(Br)c2)C(=O)N=C1SCC(=O)NC(c1ccccc1)c1ccccc1. The van der Waals surface area contributed by atoms with Crippen LogP contribution < -0.4 is 19.5 Å². The lowest BCUT2D eigenvalue weighted by Gasteiger charge is -2.28. The van der Waals surface area contributed by atoms with Crippen molar-refractivity contribution in [3.05, 3.63) is 164 Å². The number of hydrogen-bond acceptors (Lipinski definition) is 7. The van der Waals surface area contributed by atoms with Crippen LogP contribution in [0.2, 0.25) is 0 Å². The van der Waals surface area contributed by atoms with E-state index in [2.05, 4.69) is 48.7 Å². The molecule has 0 spiro atoms. The molecule has 2 aliphatic heterocycles. The van der Waals surface area contributed by atoms with Gasteiger partial charge in [0.05, 0.1) is 20.7 Å². The van der Waals surface area contributed by atoms with Crippen LogP contribution in [0, 0.1) is 0 Å². The lowest BCUT2D eigenvalue weighted by atomic mass is 9.99. The van der Waals surface area contributed by atoms with Gasteiger partial charge in [0.2, 0.25) is 12.7 Å². The van der Waals surface area contributed by atoms with E-state index in [0.29, 0.717) is 37.5 Å². The Kier molecular flexibility index (Phi) is 12.5. The van der Waals surface area contributed by atoms with Crippen molar-refractivity contribution in [1.29, 1.82) is 0 Å². The van der Waals surface area contributed by atoms with Crippen LogP contribution in [-0.4, -0.2) is 40.3 Å². The Morgan fingerprint density at radius 1 is 0.981 bits per heavy atom. The van der Waals surface area contributed by atoms with Gasteiger partial charge in [0.25, 0.3) is 11.8 Å². The van der Waals surface area contributed by atoms with Crippen molar-refractivity contribution in [2.24, 2.45) is 4.99 Å². The molecule has 2 aliphatic rings. The number of rotatable bonds is 12. The minimum absolute atomic E-state index is 0.0831. The number of carbonyl (C=O) groups is 3. The monoisotopic (exact) mass is 853 g/mol. The predicted molar refractivity (Wildman–Crippen MR) is 214 cm³/mol. The Balaban J connectivity index is 1.22. The topological polar surface area (TPSA) is 107 Å². The number of thioether (sulfide) groups is 1. The third-order valence-corrected chi connectivity index (χ3v) is 10.2. The van der Waals surface area contributed by atoms with Gasteiger partial charge >= 0.3 is 0 Å². The van der Waals surface area contributed by atoms with Crippen molar-refractivity contribution in [1.82, 2.24) is 10.2 Å². The van der Waals surface area contributed by atoms with Gasteiger partial charge in [0.1, 0.15) is 17.9 Å². The average molecular weight is 856 g/mol. The van der Waals surface area contributed by atoms with Crippen LogP contribution in [0.4, 0.5) is 0 Å². The number of nitrogens with one attached hydrogen (secondary N) is 1. The van der Waals surface area contributed by atoms with Crippen LogP contribution in [0.5, 0.6) is 17.2 Å². The Bertz CT molecular complexity index is 2110. The Labute approximate surface area is 328 Å². The smallest absolute Gasteiger partial charge is 0.285 e. The molecule has 0 aliphatic carbocycles.